The summed E-state index contributed by atoms with van der Waals surface area (Å²) in [6, 6.07) is 4.21. The highest BCUT2D eigenvalue weighted by molar-refractivity contribution is 6.23. The Morgan fingerprint density at radius 1 is 1.36 bits per heavy atom. The highest BCUT2D eigenvalue weighted by atomic mass is 16.6. The van der Waals surface area contributed by atoms with Crippen LogP contribution >= 0.6 is 0 Å². The molecule has 1 saturated heterocycles. The van der Waals surface area contributed by atoms with E-state index in [9.17, 15) is 19.7 Å². The summed E-state index contributed by atoms with van der Waals surface area (Å²) in [4.78, 5) is 37.3. The van der Waals surface area contributed by atoms with Crippen molar-refractivity contribution in [1.82, 2.24) is 10.2 Å². The van der Waals surface area contributed by atoms with E-state index in [2.05, 4.69) is 5.32 Å². The minimum atomic E-state index is -0.606. The molecule has 1 aromatic carbocycles. The van der Waals surface area contributed by atoms with Crippen molar-refractivity contribution in [2.24, 2.45) is 0 Å². The predicted molar refractivity (Wildman–Crippen MR) is 78.7 cm³/mol. The van der Waals surface area contributed by atoms with E-state index in [-0.39, 0.29) is 16.8 Å². The van der Waals surface area contributed by atoms with Crippen molar-refractivity contribution in [3.8, 4) is 0 Å². The van der Waals surface area contributed by atoms with Gasteiger partial charge < -0.3 is 5.32 Å². The SMILES string of the molecule is CCC1(N2C(=O)c3cccc([N+](=O)[O-])c3C2=O)CCCNC1. The average Bonchev–Trinajstić information content (AvgIpc) is 2.80. The third kappa shape index (κ3) is 1.93. The maximum atomic E-state index is 12.8. The molecule has 22 heavy (non-hydrogen) atoms. The van der Waals surface area contributed by atoms with Crippen LogP contribution in [0.15, 0.2) is 18.2 Å². The fourth-order valence-electron chi connectivity index (χ4n) is 3.45. The molecule has 2 aliphatic rings. The zero-order valence-corrected chi connectivity index (χ0v) is 12.3. The summed E-state index contributed by atoms with van der Waals surface area (Å²) in [6.45, 7) is 3.32. The maximum Gasteiger partial charge on any atom is 0.282 e. The molecule has 2 heterocycles. The molecule has 1 unspecified atom stereocenters. The molecule has 2 amide bonds. The van der Waals surface area contributed by atoms with Crippen LogP contribution in [0.1, 0.15) is 46.9 Å². The van der Waals surface area contributed by atoms with E-state index < -0.39 is 22.3 Å². The summed E-state index contributed by atoms with van der Waals surface area (Å²) in [5.41, 5.74) is -0.832. The molecule has 0 saturated carbocycles. The Labute approximate surface area is 127 Å². The van der Waals surface area contributed by atoms with E-state index in [4.69, 9.17) is 0 Å². The van der Waals surface area contributed by atoms with Crippen LogP contribution < -0.4 is 5.32 Å². The van der Waals surface area contributed by atoms with Gasteiger partial charge in [0, 0.05) is 12.6 Å². The quantitative estimate of drug-likeness (QED) is 0.521. The Kier molecular flexibility index (Phi) is 3.44. The number of nitrogens with zero attached hydrogens (tertiary/aromatic N) is 2. The van der Waals surface area contributed by atoms with Gasteiger partial charge in [0.25, 0.3) is 17.5 Å². The molecule has 0 radical (unpaired) electrons. The number of piperidine rings is 1. The van der Waals surface area contributed by atoms with Gasteiger partial charge in [0.1, 0.15) is 5.56 Å². The molecular formula is C15H17N3O4. The van der Waals surface area contributed by atoms with Crippen molar-refractivity contribution < 1.29 is 14.5 Å². The minimum absolute atomic E-state index is 0.0732. The second-order valence-electron chi connectivity index (χ2n) is 5.76. The second-order valence-corrected chi connectivity index (χ2v) is 5.76. The van der Waals surface area contributed by atoms with Crippen molar-refractivity contribution in [2.45, 2.75) is 31.7 Å². The summed E-state index contributed by atoms with van der Waals surface area (Å²) < 4.78 is 0. The molecule has 0 spiro atoms. The molecule has 2 aliphatic heterocycles. The number of hydrogen-bond donors (Lipinski definition) is 1. The van der Waals surface area contributed by atoms with Gasteiger partial charge in [-0.15, -0.1) is 0 Å². The van der Waals surface area contributed by atoms with Crippen LogP contribution in [-0.4, -0.2) is 40.3 Å². The number of nitro groups is 1. The Bertz CT molecular complexity index is 665. The third-order valence-corrected chi connectivity index (χ3v) is 4.67. The number of carbonyl (C=O) groups is 2. The van der Waals surface area contributed by atoms with Crippen molar-refractivity contribution >= 4 is 17.5 Å². The van der Waals surface area contributed by atoms with Crippen molar-refractivity contribution in [3.63, 3.8) is 0 Å². The molecule has 0 bridgehead atoms. The molecule has 0 aliphatic carbocycles. The number of carbonyl (C=O) groups excluding carboxylic acids is 2. The molecule has 0 aromatic heterocycles. The number of hydrogen-bond acceptors (Lipinski definition) is 5. The van der Waals surface area contributed by atoms with Crippen LogP contribution in [0, 0.1) is 10.1 Å². The minimum Gasteiger partial charge on any atom is -0.314 e. The van der Waals surface area contributed by atoms with Crippen molar-refractivity contribution in [2.75, 3.05) is 13.1 Å². The zero-order valence-electron chi connectivity index (χ0n) is 12.3. The smallest absolute Gasteiger partial charge is 0.282 e. The van der Waals surface area contributed by atoms with Gasteiger partial charge in [-0.05, 0) is 31.9 Å². The first kappa shape index (κ1) is 14.6. The van der Waals surface area contributed by atoms with Crippen molar-refractivity contribution in [1.29, 1.82) is 0 Å². The lowest BCUT2D eigenvalue weighted by Crippen LogP contribution is -2.59. The topological polar surface area (TPSA) is 92.6 Å². The fraction of sp³-hybridized carbons (Fsp3) is 0.467. The Morgan fingerprint density at radius 2 is 2.14 bits per heavy atom. The molecular weight excluding hydrogens is 286 g/mol. The zero-order chi connectivity index (χ0) is 15.9. The normalized spacial score (nSPS) is 24.5. The van der Waals surface area contributed by atoms with E-state index >= 15 is 0 Å². The number of fused-ring (bicyclic) bond motifs is 1. The number of nitrogens with one attached hydrogen (secondary N) is 1. The molecule has 116 valence electrons. The first-order chi connectivity index (χ1) is 10.5. The van der Waals surface area contributed by atoms with Crippen LogP contribution in [0.4, 0.5) is 5.69 Å². The number of amides is 2. The van der Waals surface area contributed by atoms with E-state index in [1.54, 1.807) is 0 Å². The largest absolute Gasteiger partial charge is 0.314 e. The summed E-state index contributed by atoms with van der Waals surface area (Å²) >= 11 is 0. The maximum absolute atomic E-state index is 12.8. The summed E-state index contributed by atoms with van der Waals surface area (Å²) in [6.07, 6.45) is 2.21. The van der Waals surface area contributed by atoms with Gasteiger partial charge in [-0.3, -0.25) is 24.6 Å². The molecule has 1 N–H and O–H groups in total. The van der Waals surface area contributed by atoms with Gasteiger partial charge in [0.15, 0.2) is 0 Å². The van der Waals surface area contributed by atoms with E-state index in [0.717, 1.165) is 19.4 Å². The van der Waals surface area contributed by atoms with Crippen LogP contribution in [0.2, 0.25) is 0 Å². The van der Waals surface area contributed by atoms with Gasteiger partial charge in [-0.2, -0.15) is 0 Å². The van der Waals surface area contributed by atoms with Crippen LogP contribution in [0.5, 0.6) is 0 Å². The first-order valence-electron chi connectivity index (χ1n) is 7.39. The third-order valence-electron chi connectivity index (χ3n) is 4.67. The van der Waals surface area contributed by atoms with Gasteiger partial charge in [-0.25, -0.2) is 0 Å². The number of nitro benzene ring substituents is 1. The lowest BCUT2D eigenvalue weighted by atomic mass is 9.85. The van der Waals surface area contributed by atoms with Crippen LogP contribution in [-0.2, 0) is 0 Å². The molecule has 1 fully saturated rings. The van der Waals surface area contributed by atoms with Gasteiger partial charge in [0.05, 0.1) is 16.0 Å². The Morgan fingerprint density at radius 3 is 2.73 bits per heavy atom. The number of rotatable bonds is 3. The number of benzene rings is 1. The van der Waals surface area contributed by atoms with Gasteiger partial charge in [-0.1, -0.05) is 13.0 Å². The lowest BCUT2D eigenvalue weighted by Gasteiger charge is -2.43. The molecule has 7 nitrogen and oxygen atoms in total. The molecule has 1 aromatic rings. The lowest BCUT2D eigenvalue weighted by molar-refractivity contribution is -0.385. The van der Waals surface area contributed by atoms with E-state index in [0.29, 0.717) is 13.0 Å². The standard InChI is InChI=1S/C15H17N3O4/c1-2-15(7-4-8-16-9-15)17-13(19)10-5-3-6-11(18(21)22)12(10)14(17)20/h3,5-6,16H,2,4,7-9H2,1H3. The highest BCUT2D eigenvalue weighted by Gasteiger charge is 2.50. The Balaban J connectivity index is 2.10. The van der Waals surface area contributed by atoms with Crippen LogP contribution in [0.3, 0.4) is 0 Å². The van der Waals surface area contributed by atoms with Crippen LogP contribution in [0.25, 0.3) is 0 Å². The molecule has 7 heteroatoms. The monoisotopic (exact) mass is 303 g/mol. The van der Waals surface area contributed by atoms with E-state index in [1.165, 1.54) is 23.1 Å². The van der Waals surface area contributed by atoms with E-state index in [1.807, 2.05) is 6.92 Å². The molecule has 3 rings (SSSR count). The van der Waals surface area contributed by atoms with Gasteiger partial charge >= 0.3 is 0 Å². The average molecular weight is 303 g/mol. The summed E-state index contributed by atoms with van der Waals surface area (Å²) in [5.74, 6) is -0.966. The Hall–Kier alpha value is -2.28. The van der Waals surface area contributed by atoms with Gasteiger partial charge in [0.2, 0.25) is 0 Å². The second kappa shape index (κ2) is 5.17. The predicted octanol–water partition coefficient (Wildman–Crippen LogP) is 1.72. The summed E-state index contributed by atoms with van der Waals surface area (Å²) in [7, 11) is 0. The number of imide groups is 1. The summed E-state index contributed by atoms with van der Waals surface area (Å²) in [5, 5.41) is 14.4. The first-order valence-corrected chi connectivity index (χ1v) is 7.39. The highest BCUT2D eigenvalue weighted by Crippen LogP contribution is 2.38. The van der Waals surface area contributed by atoms with Crippen molar-refractivity contribution in [3.05, 3.63) is 39.4 Å². The molecule has 1 atom stereocenters. The fourth-order valence-corrected chi connectivity index (χ4v) is 3.45.